The number of nitrogens with zero attached hydrogens (tertiary/aromatic N) is 2. The lowest BCUT2D eigenvalue weighted by molar-refractivity contribution is 0.0339. The molecular formula is C14H24N2OS. The van der Waals surface area contributed by atoms with E-state index in [2.05, 4.69) is 30.8 Å². The lowest BCUT2D eigenvalue weighted by Crippen LogP contribution is -2.36. The Labute approximate surface area is 114 Å². The number of aromatic nitrogens is 1. The standard InChI is InChI=1S/C14H24N2OS/c1-10-4-5-13(17)12(6-10)7-16(3)8-14-11(2)15-9-18-14/h9-10,12-13,17H,4-8H2,1-3H3. The van der Waals surface area contributed by atoms with Crippen LogP contribution in [0.3, 0.4) is 0 Å². The molecule has 3 unspecified atom stereocenters. The van der Waals surface area contributed by atoms with Gasteiger partial charge in [-0.15, -0.1) is 11.3 Å². The molecule has 1 saturated carbocycles. The van der Waals surface area contributed by atoms with Gasteiger partial charge in [-0.1, -0.05) is 6.92 Å². The first-order chi connectivity index (χ1) is 8.56. The highest BCUT2D eigenvalue weighted by Crippen LogP contribution is 2.29. The van der Waals surface area contributed by atoms with Gasteiger partial charge in [-0.2, -0.15) is 0 Å². The van der Waals surface area contributed by atoms with Crippen molar-refractivity contribution in [3.05, 3.63) is 16.1 Å². The molecule has 18 heavy (non-hydrogen) atoms. The van der Waals surface area contributed by atoms with Gasteiger partial charge in [0.1, 0.15) is 0 Å². The van der Waals surface area contributed by atoms with Gasteiger partial charge in [-0.25, -0.2) is 4.98 Å². The molecule has 0 spiro atoms. The molecule has 2 rings (SSSR count). The first kappa shape index (κ1) is 14.0. The smallest absolute Gasteiger partial charge is 0.0798 e. The lowest BCUT2D eigenvalue weighted by atomic mass is 9.80. The highest BCUT2D eigenvalue weighted by atomic mass is 32.1. The van der Waals surface area contributed by atoms with E-state index in [1.54, 1.807) is 11.3 Å². The molecular weight excluding hydrogens is 244 g/mol. The average molecular weight is 268 g/mol. The summed E-state index contributed by atoms with van der Waals surface area (Å²) in [5.41, 5.74) is 3.06. The molecule has 3 nitrogen and oxygen atoms in total. The minimum absolute atomic E-state index is 0.105. The van der Waals surface area contributed by atoms with Crippen LogP contribution in [0, 0.1) is 18.8 Å². The van der Waals surface area contributed by atoms with Crippen LogP contribution in [-0.2, 0) is 6.54 Å². The third-order valence-corrected chi connectivity index (χ3v) is 4.93. The lowest BCUT2D eigenvalue weighted by Gasteiger charge is -2.34. The van der Waals surface area contributed by atoms with E-state index in [0.717, 1.165) is 37.5 Å². The normalized spacial score (nSPS) is 28.8. The number of aliphatic hydroxyl groups is 1. The van der Waals surface area contributed by atoms with Crippen molar-refractivity contribution in [2.75, 3.05) is 13.6 Å². The van der Waals surface area contributed by atoms with Crippen LogP contribution in [-0.4, -0.2) is 34.7 Å². The van der Waals surface area contributed by atoms with Crippen LogP contribution in [0.1, 0.15) is 36.8 Å². The summed E-state index contributed by atoms with van der Waals surface area (Å²) in [5, 5.41) is 10.1. The zero-order valence-electron chi connectivity index (χ0n) is 11.6. The Morgan fingerprint density at radius 1 is 1.50 bits per heavy atom. The first-order valence-electron chi connectivity index (χ1n) is 6.81. The summed E-state index contributed by atoms with van der Waals surface area (Å²) in [7, 11) is 2.14. The van der Waals surface area contributed by atoms with Crippen molar-refractivity contribution in [2.45, 2.75) is 45.8 Å². The van der Waals surface area contributed by atoms with Gasteiger partial charge < -0.3 is 10.0 Å². The SMILES string of the molecule is Cc1ncsc1CN(C)CC1CC(C)CCC1O. The summed E-state index contributed by atoms with van der Waals surface area (Å²) in [5.74, 6) is 1.20. The van der Waals surface area contributed by atoms with Gasteiger partial charge in [0, 0.05) is 18.0 Å². The fourth-order valence-corrected chi connectivity index (χ4v) is 3.72. The summed E-state index contributed by atoms with van der Waals surface area (Å²) in [6.45, 7) is 6.31. The number of rotatable bonds is 4. The molecule has 0 aromatic carbocycles. The molecule has 0 aliphatic heterocycles. The van der Waals surface area contributed by atoms with Gasteiger partial charge >= 0.3 is 0 Å². The van der Waals surface area contributed by atoms with Crippen molar-refractivity contribution < 1.29 is 5.11 Å². The molecule has 1 heterocycles. The fourth-order valence-electron chi connectivity index (χ4n) is 2.87. The molecule has 1 N–H and O–H groups in total. The Kier molecular flexibility index (Phi) is 4.76. The highest BCUT2D eigenvalue weighted by Gasteiger charge is 2.27. The van der Waals surface area contributed by atoms with E-state index in [1.807, 2.05) is 5.51 Å². The Balaban J connectivity index is 1.86. The highest BCUT2D eigenvalue weighted by molar-refractivity contribution is 7.09. The van der Waals surface area contributed by atoms with Crippen molar-refractivity contribution in [2.24, 2.45) is 11.8 Å². The summed E-state index contributed by atoms with van der Waals surface area (Å²) < 4.78 is 0. The minimum atomic E-state index is -0.105. The first-order valence-corrected chi connectivity index (χ1v) is 7.69. The van der Waals surface area contributed by atoms with E-state index in [-0.39, 0.29) is 6.10 Å². The van der Waals surface area contributed by atoms with E-state index in [9.17, 15) is 5.11 Å². The maximum atomic E-state index is 10.1. The third-order valence-electron chi connectivity index (χ3n) is 4.01. The molecule has 4 heteroatoms. The molecule has 0 amide bonds. The summed E-state index contributed by atoms with van der Waals surface area (Å²) >= 11 is 1.73. The fraction of sp³-hybridized carbons (Fsp3) is 0.786. The Bertz CT molecular complexity index is 380. The van der Waals surface area contributed by atoms with Gasteiger partial charge in [0.2, 0.25) is 0 Å². The van der Waals surface area contributed by atoms with Gasteiger partial charge in [0.15, 0.2) is 0 Å². The quantitative estimate of drug-likeness (QED) is 0.912. The summed E-state index contributed by atoms with van der Waals surface area (Å²) in [6.07, 6.45) is 3.20. The maximum Gasteiger partial charge on any atom is 0.0798 e. The molecule has 1 aliphatic carbocycles. The largest absolute Gasteiger partial charge is 0.393 e. The topological polar surface area (TPSA) is 36.4 Å². The molecule has 0 saturated heterocycles. The Morgan fingerprint density at radius 3 is 2.94 bits per heavy atom. The minimum Gasteiger partial charge on any atom is -0.393 e. The van der Waals surface area contributed by atoms with Crippen LogP contribution in [0.4, 0.5) is 0 Å². The third kappa shape index (κ3) is 3.53. The van der Waals surface area contributed by atoms with E-state index in [0.29, 0.717) is 5.92 Å². The number of aryl methyl sites for hydroxylation is 1. The van der Waals surface area contributed by atoms with Gasteiger partial charge in [0.25, 0.3) is 0 Å². The molecule has 1 aromatic rings. The number of hydrogen-bond donors (Lipinski definition) is 1. The Hall–Kier alpha value is -0.450. The number of aliphatic hydroxyl groups excluding tert-OH is 1. The van der Waals surface area contributed by atoms with E-state index < -0.39 is 0 Å². The zero-order valence-corrected chi connectivity index (χ0v) is 12.4. The summed E-state index contributed by atoms with van der Waals surface area (Å²) in [4.78, 5) is 7.96. The van der Waals surface area contributed by atoms with E-state index in [4.69, 9.17) is 0 Å². The van der Waals surface area contributed by atoms with Crippen LogP contribution in [0.2, 0.25) is 0 Å². The van der Waals surface area contributed by atoms with Crippen molar-refractivity contribution in [3.8, 4) is 0 Å². The molecule has 1 fully saturated rings. The summed E-state index contributed by atoms with van der Waals surface area (Å²) in [6, 6.07) is 0. The van der Waals surface area contributed by atoms with Gasteiger partial charge in [-0.3, -0.25) is 0 Å². The van der Waals surface area contributed by atoms with Crippen molar-refractivity contribution in [1.82, 2.24) is 9.88 Å². The van der Waals surface area contributed by atoms with Gasteiger partial charge in [0.05, 0.1) is 17.3 Å². The number of thiazole rings is 1. The zero-order chi connectivity index (χ0) is 13.1. The van der Waals surface area contributed by atoms with Crippen molar-refractivity contribution in [3.63, 3.8) is 0 Å². The molecule has 102 valence electrons. The molecule has 1 aromatic heterocycles. The van der Waals surface area contributed by atoms with Crippen LogP contribution in [0.5, 0.6) is 0 Å². The predicted octanol–water partition coefficient (Wildman–Crippen LogP) is 2.68. The van der Waals surface area contributed by atoms with Crippen molar-refractivity contribution >= 4 is 11.3 Å². The molecule has 1 aliphatic rings. The molecule has 0 radical (unpaired) electrons. The second kappa shape index (κ2) is 6.13. The van der Waals surface area contributed by atoms with Gasteiger partial charge in [-0.05, 0) is 45.1 Å². The second-order valence-corrected chi connectivity index (χ2v) is 6.74. The van der Waals surface area contributed by atoms with Crippen LogP contribution < -0.4 is 0 Å². The maximum absolute atomic E-state index is 10.1. The number of hydrogen-bond acceptors (Lipinski definition) is 4. The van der Waals surface area contributed by atoms with Crippen LogP contribution in [0.15, 0.2) is 5.51 Å². The van der Waals surface area contributed by atoms with E-state index >= 15 is 0 Å². The van der Waals surface area contributed by atoms with Crippen molar-refractivity contribution in [1.29, 1.82) is 0 Å². The van der Waals surface area contributed by atoms with Crippen LogP contribution in [0.25, 0.3) is 0 Å². The Morgan fingerprint density at radius 2 is 2.28 bits per heavy atom. The second-order valence-electron chi connectivity index (χ2n) is 5.80. The average Bonchev–Trinajstić information content (AvgIpc) is 2.70. The predicted molar refractivity (Wildman–Crippen MR) is 75.7 cm³/mol. The monoisotopic (exact) mass is 268 g/mol. The van der Waals surface area contributed by atoms with E-state index in [1.165, 1.54) is 11.3 Å². The molecule has 3 atom stereocenters. The van der Waals surface area contributed by atoms with Crippen LogP contribution >= 0.6 is 11.3 Å². The molecule has 0 bridgehead atoms.